The number of ether oxygens (including phenoxy) is 1. The molecular formula is C21H40O3. The number of hydrogen-bond donors (Lipinski definition) is 0. The molecule has 0 saturated carbocycles. The number of carbonyl (C=O) groups is 2. The van der Waals surface area contributed by atoms with Crippen molar-refractivity contribution in [1.29, 1.82) is 0 Å². The molecule has 0 rings (SSSR count). The van der Waals surface area contributed by atoms with Gasteiger partial charge in [-0.15, -0.1) is 0 Å². The highest BCUT2D eigenvalue weighted by molar-refractivity contribution is 5.69. The van der Waals surface area contributed by atoms with Crippen molar-refractivity contribution in [2.24, 2.45) is 0 Å². The SMILES string of the molecule is CCCCCCCCCCCCCCCCOC(=O)CCCC=O. The number of esters is 1. The molecule has 0 aliphatic carbocycles. The fourth-order valence-electron chi connectivity index (χ4n) is 2.88. The normalized spacial score (nSPS) is 10.7. The first-order chi connectivity index (χ1) is 11.8. The van der Waals surface area contributed by atoms with Gasteiger partial charge in [0.1, 0.15) is 6.29 Å². The largest absolute Gasteiger partial charge is 0.466 e. The Kier molecular flexibility index (Phi) is 19.5. The Morgan fingerprint density at radius 2 is 1.17 bits per heavy atom. The second kappa shape index (κ2) is 20.2. The van der Waals surface area contributed by atoms with Gasteiger partial charge in [0.15, 0.2) is 0 Å². The van der Waals surface area contributed by atoms with Crippen molar-refractivity contribution in [3.05, 3.63) is 0 Å². The van der Waals surface area contributed by atoms with Crippen molar-refractivity contribution in [2.45, 2.75) is 116 Å². The highest BCUT2D eigenvalue weighted by atomic mass is 16.5. The molecule has 3 nitrogen and oxygen atoms in total. The van der Waals surface area contributed by atoms with Crippen LogP contribution in [0.4, 0.5) is 0 Å². The molecule has 0 N–H and O–H groups in total. The van der Waals surface area contributed by atoms with Gasteiger partial charge < -0.3 is 9.53 Å². The van der Waals surface area contributed by atoms with Crippen LogP contribution in [0.1, 0.15) is 116 Å². The molecular weight excluding hydrogens is 300 g/mol. The average Bonchev–Trinajstić information content (AvgIpc) is 2.58. The van der Waals surface area contributed by atoms with E-state index in [4.69, 9.17) is 4.74 Å². The molecule has 0 bridgehead atoms. The van der Waals surface area contributed by atoms with E-state index < -0.39 is 0 Å². The van der Waals surface area contributed by atoms with Crippen LogP contribution in [-0.2, 0) is 14.3 Å². The molecule has 0 fully saturated rings. The second-order valence-electron chi connectivity index (χ2n) is 6.88. The quantitative estimate of drug-likeness (QED) is 0.156. The van der Waals surface area contributed by atoms with E-state index in [0.29, 0.717) is 25.9 Å². The minimum absolute atomic E-state index is 0.161. The molecule has 24 heavy (non-hydrogen) atoms. The van der Waals surface area contributed by atoms with Crippen molar-refractivity contribution in [3.63, 3.8) is 0 Å². The van der Waals surface area contributed by atoms with E-state index in [-0.39, 0.29) is 5.97 Å². The van der Waals surface area contributed by atoms with E-state index in [1.165, 1.54) is 77.0 Å². The van der Waals surface area contributed by atoms with E-state index in [1.807, 2.05) is 0 Å². The van der Waals surface area contributed by atoms with Crippen LogP contribution in [0, 0.1) is 0 Å². The summed E-state index contributed by atoms with van der Waals surface area (Å²) in [5, 5.41) is 0. The second-order valence-corrected chi connectivity index (χ2v) is 6.88. The molecule has 0 atom stereocenters. The van der Waals surface area contributed by atoms with Crippen LogP contribution in [0.25, 0.3) is 0 Å². The van der Waals surface area contributed by atoms with Crippen LogP contribution >= 0.6 is 0 Å². The van der Waals surface area contributed by atoms with E-state index in [2.05, 4.69) is 6.92 Å². The van der Waals surface area contributed by atoms with Gasteiger partial charge in [-0.2, -0.15) is 0 Å². The number of aldehydes is 1. The Labute approximate surface area is 149 Å². The summed E-state index contributed by atoms with van der Waals surface area (Å²) < 4.78 is 5.14. The molecule has 0 saturated heterocycles. The molecule has 0 unspecified atom stereocenters. The van der Waals surface area contributed by atoms with Crippen LogP contribution in [0.2, 0.25) is 0 Å². The Morgan fingerprint density at radius 3 is 1.62 bits per heavy atom. The summed E-state index contributed by atoms with van der Waals surface area (Å²) in [5.41, 5.74) is 0. The lowest BCUT2D eigenvalue weighted by atomic mass is 10.0. The summed E-state index contributed by atoms with van der Waals surface area (Å²) in [5.74, 6) is -0.161. The summed E-state index contributed by atoms with van der Waals surface area (Å²) in [7, 11) is 0. The number of rotatable bonds is 19. The summed E-state index contributed by atoms with van der Waals surface area (Å²) in [6.45, 7) is 2.81. The topological polar surface area (TPSA) is 43.4 Å². The zero-order valence-corrected chi connectivity index (χ0v) is 16.0. The van der Waals surface area contributed by atoms with Crippen molar-refractivity contribution in [2.75, 3.05) is 6.61 Å². The standard InChI is InChI=1S/C21H40O3/c1-2-3-4-5-6-7-8-9-10-11-12-13-14-17-20-24-21(23)18-15-16-19-22/h19H,2-18,20H2,1H3. The predicted octanol–water partition coefficient (Wildman–Crippen LogP) is 6.38. The molecule has 0 amide bonds. The Hall–Kier alpha value is -0.860. The minimum atomic E-state index is -0.161. The Bertz CT molecular complexity index is 276. The van der Waals surface area contributed by atoms with Gasteiger partial charge in [0.2, 0.25) is 0 Å². The first kappa shape index (κ1) is 23.1. The molecule has 3 heteroatoms. The van der Waals surface area contributed by atoms with Crippen molar-refractivity contribution < 1.29 is 14.3 Å². The van der Waals surface area contributed by atoms with Gasteiger partial charge in [0.05, 0.1) is 6.61 Å². The summed E-state index contributed by atoms with van der Waals surface area (Å²) in [6.07, 6.45) is 20.9. The maximum Gasteiger partial charge on any atom is 0.305 e. The first-order valence-corrected chi connectivity index (χ1v) is 10.4. The molecule has 0 radical (unpaired) electrons. The van der Waals surface area contributed by atoms with Gasteiger partial charge in [0.25, 0.3) is 0 Å². The van der Waals surface area contributed by atoms with E-state index in [1.54, 1.807) is 0 Å². The van der Waals surface area contributed by atoms with Crippen LogP contribution in [-0.4, -0.2) is 18.9 Å². The van der Waals surface area contributed by atoms with Gasteiger partial charge in [-0.25, -0.2) is 0 Å². The summed E-state index contributed by atoms with van der Waals surface area (Å²) in [4.78, 5) is 21.5. The summed E-state index contributed by atoms with van der Waals surface area (Å²) in [6, 6.07) is 0. The van der Waals surface area contributed by atoms with Crippen molar-refractivity contribution in [3.8, 4) is 0 Å². The maximum absolute atomic E-state index is 11.3. The fourth-order valence-corrected chi connectivity index (χ4v) is 2.88. The molecule has 0 aromatic carbocycles. The van der Waals surface area contributed by atoms with Crippen molar-refractivity contribution >= 4 is 12.3 Å². The monoisotopic (exact) mass is 340 g/mol. The lowest BCUT2D eigenvalue weighted by Crippen LogP contribution is -2.05. The van der Waals surface area contributed by atoms with Gasteiger partial charge in [0, 0.05) is 12.8 Å². The molecule has 0 spiro atoms. The van der Waals surface area contributed by atoms with Gasteiger partial charge in [-0.1, -0.05) is 90.4 Å². The highest BCUT2D eigenvalue weighted by Crippen LogP contribution is 2.13. The first-order valence-electron chi connectivity index (χ1n) is 10.4. The minimum Gasteiger partial charge on any atom is -0.466 e. The zero-order valence-electron chi connectivity index (χ0n) is 16.0. The van der Waals surface area contributed by atoms with E-state index >= 15 is 0 Å². The smallest absolute Gasteiger partial charge is 0.305 e. The highest BCUT2D eigenvalue weighted by Gasteiger charge is 2.01. The van der Waals surface area contributed by atoms with E-state index in [9.17, 15) is 9.59 Å². The van der Waals surface area contributed by atoms with Gasteiger partial charge >= 0.3 is 5.97 Å². The molecule has 0 aromatic heterocycles. The van der Waals surface area contributed by atoms with E-state index in [0.717, 1.165) is 19.1 Å². The average molecular weight is 341 g/mol. The fraction of sp³-hybridized carbons (Fsp3) is 0.905. The van der Waals surface area contributed by atoms with Crippen molar-refractivity contribution in [1.82, 2.24) is 0 Å². The lowest BCUT2D eigenvalue weighted by molar-refractivity contribution is -0.143. The molecule has 0 aliphatic heterocycles. The molecule has 0 aliphatic rings. The molecule has 142 valence electrons. The number of unbranched alkanes of at least 4 members (excludes halogenated alkanes) is 14. The third-order valence-electron chi connectivity index (χ3n) is 4.46. The zero-order chi connectivity index (χ0) is 17.7. The summed E-state index contributed by atoms with van der Waals surface area (Å²) >= 11 is 0. The Morgan fingerprint density at radius 1 is 0.708 bits per heavy atom. The lowest BCUT2D eigenvalue weighted by Gasteiger charge is -2.05. The number of hydrogen-bond acceptors (Lipinski definition) is 3. The van der Waals surface area contributed by atoms with Gasteiger partial charge in [-0.05, 0) is 12.8 Å². The Balaban J connectivity index is 3.07. The predicted molar refractivity (Wildman–Crippen MR) is 101 cm³/mol. The number of carbonyl (C=O) groups excluding carboxylic acids is 2. The van der Waals surface area contributed by atoms with Crippen LogP contribution in [0.5, 0.6) is 0 Å². The van der Waals surface area contributed by atoms with Crippen LogP contribution in [0.3, 0.4) is 0 Å². The van der Waals surface area contributed by atoms with Crippen LogP contribution in [0.15, 0.2) is 0 Å². The molecule has 0 heterocycles. The van der Waals surface area contributed by atoms with Crippen LogP contribution < -0.4 is 0 Å². The maximum atomic E-state index is 11.3. The third kappa shape index (κ3) is 19.2. The van der Waals surface area contributed by atoms with Gasteiger partial charge in [-0.3, -0.25) is 4.79 Å². The third-order valence-corrected chi connectivity index (χ3v) is 4.46. The molecule has 0 aromatic rings.